The quantitative estimate of drug-likeness (QED) is 0.104. The van der Waals surface area contributed by atoms with E-state index in [4.69, 9.17) is 14.2 Å². The molecule has 0 aliphatic carbocycles. The van der Waals surface area contributed by atoms with Gasteiger partial charge in [0.2, 0.25) is 0 Å². The molecule has 0 bridgehead atoms. The summed E-state index contributed by atoms with van der Waals surface area (Å²) in [5, 5.41) is 0. The molecule has 0 aliphatic heterocycles. The summed E-state index contributed by atoms with van der Waals surface area (Å²) >= 11 is 0. The van der Waals surface area contributed by atoms with Crippen molar-refractivity contribution in [3.63, 3.8) is 0 Å². The molecule has 0 unspecified atom stereocenters. The molecule has 0 spiro atoms. The van der Waals surface area contributed by atoms with Crippen molar-refractivity contribution < 1.29 is 14.2 Å². The lowest BCUT2D eigenvalue weighted by atomic mass is 9.99. The molecule has 0 radical (unpaired) electrons. The topological polar surface area (TPSA) is 66.4 Å². The van der Waals surface area contributed by atoms with Gasteiger partial charge in [-0.2, -0.15) is 0 Å². The SMILES string of the molecule is CC(C)c1ccc(Cc2ccc(Oc3nc(Oc4ccc(Cc5ccc(C(C)C)cc5)cc4)nc(Oc4ccc(Cc5ccc(C(C)C)cc5)cc4)n3)cc2)cc1. The zero-order valence-electron chi connectivity index (χ0n) is 33.8. The van der Waals surface area contributed by atoms with Gasteiger partial charge in [-0.3, -0.25) is 0 Å². The van der Waals surface area contributed by atoms with Gasteiger partial charge in [-0.1, -0.05) is 151 Å². The van der Waals surface area contributed by atoms with Crippen LogP contribution in [0.3, 0.4) is 0 Å². The molecule has 57 heavy (non-hydrogen) atoms. The summed E-state index contributed by atoms with van der Waals surface area (Å²) in [7, 11) is 0. The fraction of sp³-hybridized carbons (Fsp3) is 0.235. The van der Waals surface area contributed by atoms with E-state index < -0.39 is 0 Å². The van der Waals surface area contributed by atoms with Crippen molar-refractivity contribution in [2.24, 2.45) is 0 Å². The van der Waals surface area contributed by atoms with Crippen LogP contribution in [0.1, 0.15) is 109 Å². The van der Waals surface area contributed by atoms with Gasteiger partial charge in [-0.25, -0.2) is 0 Å². The summed E-state index contributed by atoms with van der Waals surface area (Å²) in [6, 6.07) is 50.5. The second kappa shape index (κ2) is 18.1. The molecule has 1 heterocycles. The van der Waals surface area contributed by atoms with Crippen LogP contribution in [0.5, 0.6) is 35.3 Å². The number of hydrogen-bond donors (Lipinski definition) is 0. The predicted octanol–water partition coefficient (Wildman–Crippen LogP) is 13.4. The van der Waals surface area contributed by atoms with Gasteiger partial charge in [0.15, 0.2) is 0 Å². The Hall–Kier alpha value is -6.27. The van der Waals surface area contributed by atoms with E-state index in [-0.39, 0.29) is 18.0 Å². The summed E-state index contributed by atoms with van der Waals surface area (Å²) in [5.41, 5.74) is 11.3. The van der Waals surface area contributed by atoms with E-state index >= 15 is 0 Å². The molecule has 0 saturated carbocycles. The first-order chi connectivity index (χ1) is 27.6. The van der Waals surface area contributed by atoms with Gasteiger partial charge in [-0.05, 0) is 123 Å². The van der Waals surface area contributed by atoms with Crippen LogP contribution in [0, 0.1) is 0 Å². The minimum atomic E-state index is 0.0648. The maximum Gasteiger partial charge on any atom is 0.331 e. The molecule has 6 nitrogen and oxygen atoms in total. The number of hydrogen-bond acceptors (Lipinski definition) is 6. The third kappa shape index (κ3) is 10.9. The van der Waals surface area contributed by atoms with Crippen molar-refractivity contribution in [3.05, 3.63) is 196 Å². The molecule has 0 aliphatic rings. The van der Waals surface area contributed by atoms with Crippen LogP contribution in [0.25, 0.3) is 0 Å². The molecule has 7 aromatic rings. The van der Waals surface area contributed by atoms with E-state index in [1.165, 1.54) is 50.1 Å². The normalized spacial score (nSPS) is 11.3. The predicted molar refractivity (Wildman–Crippen MR) is 229 cm³/mol. The monoisotopic (exact) mass is 753 g/mol. The second-order valence-corrected chi connectivity index (χ2v) is 15.6. The van der Waals surface area contributed by atoms with Crippen LogP contribution in [0.15, 0.2) is 146 Å². The minimum Gasteiger partial charge on any atom is -0.424 e. The Labute approximate surface area is 337 Å². The molecular weight excluding hydrogens is 703 g/mol. The van der Waals surface area contributed by atoms with Crippen LogP contribution in [-0.2, 0) is 19.3 Å². The average Bonchev–Trinajstić information content (AvgIpc) is 3.21. The highest BCUT2D eigenvalue weighted by Gasteiger charge is 2.14. The summed E-state index contributed by atoms with van der Waals surface area (Å²) in [5.74, 6) is 3.30. The average molecular weight is 754 g/mol. The zero-order valence-corrected chi connectivity index (χ0v) is 33.8. The number of nitrogens with zero attached hydrogens (tertiary/aromatic N) is 3. The third-order valence-corrected chi connectivity index (χ3v) is 10.1. The van der Waals surface area contributed by atoms with Crippen molar-refractivity contribution in [2.45, 2.75) is 78.6 Å². The number of aromatic nitrogens is 3. The number of rotatable bonds is 15. The maximum atomic E-state index is 6.18. The molecule has 0 fully saturated rings. The Morgan fingerprint density at radius 3 is 0.684 bits per heavy atom. The lowest BCUT2D eigenvalue weighted by Gasteiger charge is -2.11. The Morgan fingerprint density at radius 2 is 0.491 bits per heavy atom. The lowest BCUT2D eigenvalue weighted by molar-refractivity contribution is 0.362. The van der Waals surface area contributed by atoms with Crippen LogP contribution < -0.4 is 14.2 Å². The van der Waals surface area contributed by atoms with Gasteiger partial charge >= 0.3 is 18.0 Å². The molecule has 1 aromatic heterocycles. The van der Waals surface area contributed by atoms with E-state index in [0.717, 1.165) is 19.3 Å². The first kappa shape index (κ1) is 39.0. The molecule has 0 saturated heterocycles. The molecule has 6 aromatic carbocycles. The first-order valence-corrected chi connectivity index (χ1v) is 19.9. The van der Waals surface area contributed by atoms with E-state index in [2.05, 4.69) is 166 Å². The van der Waals surface area contributed by atoms with Crippen molar-refractivity contribution in [1.29, 1.82) is 0 Å². The molecule has 288 valence electrons. The van der Waals surface area contributed by atoms with Crippen LogP contribution in [0.2, 0.25) is 0 Å². The van der Waals surface area contributed by atoms with Crippen molar-refractivity contribution in [3.8, 4) is 35.3 Å². The molecule has 6 heteroatoms. The van der Waals surface area contributed by atoms with E-state index in [1.807, 2.05) is 36.4 Å². The van der Waals surface area contributed by atoms with E-state index in [9.17, 15) is 0 Å². The molecule has 7 rings (SSSR count). The summed E-state index contributed by atoms with van der Waals surface area (Å²) < 4.78 is 18.5. The smallest absolute Gasteiger partial charge is 0.331 e. The standard InChI is InChI=1S/C51H51N3O3/c1-34(2)43-19-7-37(8-20-43)31-40-13-25-46(26-14-40)55-49-52-50(56-47-27-15-41(16-28-47)32-38-9-21-44(22-10-38)35(3)4)54-51(53-49)57-48-29-17-42(18-30-48)33-39-11-23-45(24-12-39)36(5)6/h7-30,34-36H,31-33H2,1-6H3. The minimum absolute atomic E-state index is 0.0648. The van der Waals surface area contributed by atoms with Crippen LogP contribution >= 0.6 is 0 Å². The first-order valence-electron chi connectivity index (χ1n) is 19.9. The highest BCUT2D eigenvalue weighted by Crippen LogP contribution is 2.29. The lowest BCUT2D eigenvalue weighted by Crippen LogP contribution is -2.01. The Bertz CT molecular complexity index is 2050. The number of ether oxygens (including phenoxy) is 3. The number of benzene rings is 6. The zero-order chi connectivity index (χ0) is 39.7. The summed E-state index contributed by atoms with van der Waals surface area (Å²) in [6.45, 7) is 13.3. The van der Waals surface area contributed by atoms with Crippen LogP contribution in [0.4, 0.5) is 0 Å². The highest BCUT2D eigenvalue weighted by molar-refractivity contribution is 5.38. The molecule has 0 N–H and O–H groups in total. The van der Waals surface area contributed by atoms with Crippen molar-refractivity contribution in [1.82, 2.24) is 15.0 Å². The second-order valence-electron chi connectivity index (χ2n) is 15.6. The summed E-state index contributed by atoms with van der Waals surface area (Å²) in [4.78, 5) is 13.6. The van der Waals surface area contributed by atoms with Crippen molar-refractivity contribution in [2.75, 3.05) is 0 Å². The van der Waals surface area contributed by atoms with Gasteiger partial charge < -0.3 is 14.2 Å². The van der Waals surface area contributed by atoms with Gasteiger partial charge in [0.25, 0.3) is 0 Å². The summed E-state index contributed by atoms with van der Waals surface area (Å²) in [6.07, 6.45) is 2.48. The molecule has 0 atom stereocenters. The van der Waals surface area contributed by atoms with Gasteiger partial charge in [-0.15, -0.1) is 15.0 Å². The Balaban J connectivity index is 1.07. The maximum absolute atomic E-state index is 6.18. The van der Waals surface area contributed by atoms with E-state index in [1.54, 1.807) is 0 Å². The Morgan fingerprint density at radius 1 is 0.298 bits per heavy atom. The highest BCUT2D eigenvalue weighted by atomic mass is 16.5. The third-order valence-electron chi connectivity index (χ3n) is 10.1. The fourth-order valence-corrected chi connectivity index (χ4v) is 6.57. The van der Waals surface area contributed by atoms with Gasteiger partial charge in [0, 0.05) is 0 Å². The van der Waals surface area contributed by atoms with Crippen molar-refractivity contribution >= 4 is 0 Å². The largest absolute Gasteiger partial charge is 0.424 e. The van der Waals surface area contributed by atoms with E-state index in [0.29, 0.717) is 35.0 Å². The van der Waals surface area contributed by atoms with Gasteiger partial charge in [0.1, 0.15) is 17.2 Å². The van der Waals surface area contributed by atoms with Gasteiger partial charge in [0.05, 0.1) is 0 Å². The Kier molecular flexibility index (Phi) is 12.4. The molecule has 0 amide bonds. The molecular formula is C51H51N3O3. The van der Waals surface area contributed by atoms with Crippen LogP contribution in [-0.4, -0.2) is 15.0 Å². The fourth-order valence-electron chi connectivity index (χ4n) is 6.57.